The summed E-state index contributed by atoms with van der Waals surface area (Å²) in [4.78, 5) is 37.8. The predicted molar refractivity (Wildman–Crippen MR) is 113 cm³/mol. The molecule has 1 aliphatic rings. The maximum atomic E-state index is 14.2. The highest BCUT2D eigenvalue weighted by atomic mass is 35.5. The molecular weight excluding hydrogens is 464 g/mol. The van der Waals surface area contributed by atoms with Crippen LogP contribution in [0, 0.1) is 17.1 Å². The summed E-state index contributed by atoms with van der Waals surface area (Å²) in [6, 6.07) is 4.97. The van der Waals surface area contributed by atoms with Gasteiger partial charge in [-0.05, 0) is 25.0 Å². The van der Waals surface area contributed by atoms with Crippen molar-refractivity contribution in [3.05, 3.63) is 77.1 Å². The van der Waals surface area contributed by atoms with E-state index in [1.165, 1.54) is 22.9 Å². The molecular formula is C20H14Cl2FN5O4. The second kappa shape index (κ2) is 8.61. The van der Waals surface area contributed by atoms with E-state index in [1.807, 2.05) is 4.98 Å². The molecule has 1 N–H and O–H groups in total. The summed E-state index contributed by atoms with van der Waals surface area (Å²) in [5, 5.41) is 12.6. The molecule has 0 spiro atoms. The molecule has 3 aromatic rings. The van der Waals surface area contributed by atoms with E-state index in [2.05, 4.69) is 5.10 Å². The van der Waals surface area contributed by atoms with Crippen LogP contribution in [0.3, 0.4) is 0 Å². The van der Waals surface area contributed by atoms with Crippen LogP contribution >= 0.6 is 23.2 Å². The van der Waals surface area contributed by atoms with Crippen molar-refractivity contribution in [2.24, 2.45) is 0 Å². The summed E-state index contributed by atoms with van der Waals surface area (Å²) >= 11 is 12.6. The Balaban J connectivity index is 1.73. The molecule has 2 heterocycles. The second-order valence-corrected chi connectivity index (χ2v) is 7.96. The summed E-state index contributed by atoms with van der Waals surface area (Å²) in [6.07, 6.45) is 4.85. The summed E-state index contributed by atoms with van der Waals surface area (Å²) in [6.45, 7) is 0. The normalized spacial score (nSPS) is 13.8. The first-order chi connectivity index (χ1) is 15.3. The number of nitriles is 1. The van der Waals surface area contributed by atoms with Crippen LogP contribution in [0.1, 0.15) is 37.4 Å². The molecule has 0 atom stereocenters. The fraction of sp³-hybridized carbons (Fsp3) is 0.250. The summed E-state index contributed by atoms with van der Waals surface area (Å²) < 4.78 is 22.0. The average molecular weight is 478 g/mol. The van der Waals surface area contributed by atoms with Crippen LogP contribution in [0.4, 0.5) is 4.39 Å². The zero-order valence-corrected chi connectivity index (χ0v) is 17.8. The van der Waals surface area contributed by atoms with E-state index in [1.54, 1.807) is 6.07 Å². The number of H-pyrrole nitrogens is 1. The predicted octanol–water partition coefficient (Wildman–Crippen LogP) is 3.31. The molecule has 2 aromatic heterocycles. The molecule has 0 bridgehead atoms. The van der Waals surface area contributed by atoms with Crippen LogP contribution in [0.15, 0.2) is 38.8 Å². The van der Waals surface area contributed by atoms with E-state index in [4.69, 9.17) is 33.2 Å². The molecule has 0 amide bonds. The summed E-state index contributed by atoms with van der Waals surface area (Å²) in [5.41, 5.74) is -3.02. The molecule has 1 saturated carbocycles. The fourth-order valence-corrected chi connectivity index (χ4v) is 4.14. The standard InChI is InChI=1S/C20H14Cl2FN5O4/c21-13-5-11(28-20(31)25-18(29)16(8-24)26-28)6-14(22)17(13)32-12-7-15(23)19(30)27(9-12)10-3-1-2-4-10/h5-7,9-10H,1-4H2,(H,25,29,31). The smallest absolute Gasteiger partial charge is 0.349 e. The minimum Gasteiger partial charge on any atom is -0.453 e. The lowest BCUT2D eigenvalue weighted by atomic mass is 10.2. The first-order valence-corrected chi connectivity index (χ1v) is 10.3. The van der Waals surface area contributed by atoms with E-state index in [9.17, 15) is 18.8 Å². The van der Waals surface area contributed by atoms with E-state index in [0.29, 0.717) is 0 Å². The molecule has 164 valence electrons. The maximum Gasteiger partial charge on any atom is 0.349 e. The number of hydrogen-bond donors (Lipinski definition) is 1. The first kappa shape index (κ1) is 21.8. The fourth-order valence-electron chi connectivity index (χ4n) is 3.58. The van der Waals surface area contributed by atoms with Gasteiger partial charge < -0.3 is 9.30 Å². The van der Waals surface area contributed by atoms with Crippen molar-refractivity contribution < 1.29 is 9.13 Å². The van der Waals surface area contributed by atoms with Crippen molar-refractivity contribution in [1.29, 1.82) is 5.26 Å². The number of hydrogen-bond acceptors (Lipinski definition) is 6. The number of nitrogens with one attached hydrogen (secondary N) is 1. The van der Waals surface area contributed by atoms with Crippen molar-refractivity contribution in [2.75, 3.05) is 0 Å². The number of aromatic amines is 1. The van der Waals surface area contributed by atoms with E-state index >= 15 is 0 Å². The van der Waals surface area contributed by atoms with Gasteiger partial charge in [-0.2, -0.15) is 9.94 Å². The molecule has 0 aliphatic heterocycles. The second-order valence-electron chi connectivity index (χ2n) is 7.15. The monoisotopic (exact) mass is 477 g/mol. The highest BCUT2D eigenvalue weighted by Crippen LogP contribution is 2.38. The van der Waals surface area contributed by atoms with Crippen molar-refractivity contribution in [3.63, 3.8) is 0 Å². The topological polar surface area (TPSA) is 123 Å². The number of halogens is 3. The van der Waals surface area contributed by atoms with Gasteiger partial charge in [0.15, 0.2) is 11.6 Å². The Morgan fingerprint density at radius 1 is 1.16 bits per heavy atom. The van der Waals surface area contributed by atoms with Gasteiger partial charge >= 0.3 is 5.69 Å². The molecule has 1 aliphatic carbocycles. The van der Waals surface area contributed by atoms with Gasteiger partial charge in [0.2, 0.25) is 5.69 Å². The molecule has 0 radical (unpaired) electrons. The van der Waals surface area contributed by atoms with Gasteiger partial charge in [0, 0.05) is 12.1 Å². The number of pyridine rings is 1. The van der Waals surface area contributed by atoms with Gasteiger partial charge in [0.05, 0.1) is 21.9 Å². The Hall–Kier alpha value is -3.42. The molecule has 32 heavy (non-hydrogen) atoms. The van der Waals surface area contributed by atoms with Crippen LogP contribution < -0.4 is 21.5 Å². The highest BCUT2D eigenvalue weighted by Gasteiger charge is 2.21. The molecule has 0 saturated heterocycles. The lowest BCUT2D eigenvalue weighted by Gasteiger charge is -2.16. The zero-order valence-electron chi connectivity index (χ0n) is 16.3. The minimum absolute atomic E-state index is 0.0247. The van der Waals surface area contributed by atoms with Crippen LogP contribution in [-0.2, 0) is 0 Å². The van der Waals surface area contributed by atoms with Crippen LogP contribution in [0.2, 0.25) is 10.0 Å². The Kier molecular flexibility index (Phi) is 5.86. The SMILES string of the molecule is N#Cc1nn(-c2cc(Cl)c(Oc3cc(F)c(=O)n(C4CCCC4)c3)c(Cl)c2)c(=O)[nH]c1=O. The van der Waals surface area contributed by atoms with Gasteiger partial charge in [0.1, 0.15) is 11.8 Å². The maximum absolute atomic E-state index is 14.2. The van der Waals surface area contributed by atoms with Gasteiger partial charge in [-0.1, -0.05) is 36.0 Å². The van der Waals surface area contributed by atoms with E-state index in [-0.39, 0.29) is 33.3 Å². The third kappa shape index (κ3) is 4.04. The number of benzene rings is 1. The summed E-state index contributed by atoms with van der Waals surface area (Å²) in [7, 11) is 0. The Morgan fingerprint density at radius 3 is 2.44 bits per heavy atom. The zero-order chi connectivity index (χ0) is 23.0. The largest absolute Gasteiger partial charge is 0.453 e. The number of aromatic nitrogens is 4. The third-order valence-electron chi connectivity index (χ3n) is 5.07. The van der Waals surface area contributed by atoms with E-state index < -0.39 is 28.3 Å². The summed E-state index contributed by atoms with van der Waals surface area (Å²) in [5.74, 6) is -0.978. The minimum atomic E-state index is -0.966. The van der Waals surface area contributed by atoms with Gasteiger partial charge in [-0.25, -0.2) is 9.18 Å². The third-order valence-corrected chi connectivity index (χ3v) is 5.64. The lowest BCUT2D eigenvalue weighted by Crippen LogP contribution is -2.33. The van der Waals surface area contributed by atoms with E-state index in [0.717, 1.165) is 36.4 Å². The molecule has 9 nitrogen and oxygen atoms in total. The quantitative estimate of drug-likeness (QED) is 0.614. The van der Waals surface area contributed by atoms with Gasteiger partial charge in [-0.15, -0.1) is 5.10 Å². The Labute approximate surface area is 189 Å². The van der Waals surface area contributed by atoms with Gasteiger partial charge in [0.25, 0.3) is 11.1 Å². The molecule has 1 aromatic carbocycles. The molecule has 0 unspecified atom stereocenters. The van der Waals surface area contributed by atoms with Crippen molar-refractivity contribution in [3.8, 4) is 23.3 Å². The highest BCUT2D eigenvalue weighted by molar-refractivity contribution is 6.37. The van der Waals surface area contributed by atoms with Crippen molar-refractivity contribution in [1.82, 2.24) is 19.3 Å². The first-order valence-electron chi connectivity index (χ1n) is 9.51. The lowest BCUT2D eigenvalue weighted by molar-refractivity contribution is 0.433. The van der Waals surface area contributed by atoms with Crippen molar-refractivity contribution in [2.45, 2.75) is 31.7 Å². The molecule has 1 fully saturated rings. The van der Waals surface area contributed by atoms with Crippen LogP contribution in [0.5, 0.6) is 11.5 Å². The Morgan fingerprint density at radius 2 is 1.81 bits per heavy atom. The Bertz CT molecular complexity index is 1410. The number of nitrogens with zero attached hydrogens (tertiary/aromatic N) is 4. The van der Waals surface area contributed by atoms with Crippen LogP contribution in [-0.4, -0.2) is 19.3 Å². The van der Waals surface area contributed by atoms with Crippen LogP contribution in [0.25, 0.3) is 5.69 Å². The number of ether oxygens (including phenoxy) is 1. The van der Waals surface area contributed by atoms with Gasteiger partial charge in [-0.3, -0.25) is 14.6 Å². The molecule has 12 heteroatoms. The molecule has 4 rings (SSSR count). The number of rotatable bonds is 4. The average Bonchev–Trinajstić information content (AvgIpc) is 3.27. The van der Waals surface area contributed by atoms with Crippen molar-refractivity contribution >= 4 is 23.2 Å².